The third kappa shape index (κ3) is 5.32. The minimum atomic E-state index is -0.589. The van der Waals surface area contributed by atoms with Crippen molar-refractivity contribution in [1.82, 2.24) is 4.98 Å². The van der Waals surface area contributed by atoms with E-state index < -0.39 is 5.92 Å². The number of Topliss-reactive ketones (excluding diaryl/α,β-unsaturated/α-hetero) is 1. The number of pyridine rings is 1. The van der Waals surface area contributed by atoms with Crippen LogP contribution in [0.5, 0.6) is 0 Å². The number of hydrogen-bond donors (Lipinski definition) is 1. The van der Waals surface area contributed by atoms with Crippen molar-refractivity contribution in [3.63, 3.8) is 0 Å². The van der Waals surface area contributed by atoms with Gasteiger partial charge in [0.15, 0.2) is 12.0 Å². The summed E-state index contributed by atoms with van der Waals surface area (Å²) < 4.78 is 0.799. The molecule has 1 unspecified atom stereocenters. The van der Waals surface area contributed by atoms with Crippen LogP contribution in [0.3, 0.4) is 0 Å². The topological polar surface area (TPSA) is 86.0 Å². The maximum absolute atomic E-state index is 13.3. The molecule has 2 aromatic heterocycles. The molecule has 1 amide bonds. The Bertz CT molecular complexity index is 1420. The molecule has 0 bridgehead atoms. The van der Waals surface area contributed by atoms with Gasteiger partial charge in [-0.05, 0) is 73.4 Å². The predicted octanol–water partition coefficient (Wildman–Crippen LogP) is 6.49. The van der Waals surface area contributed by atoms with Crippen LogP contribution in [0, 0.1) is 11.1 Å². The van der Waals surface area contributed by atoms with Crippen LogP contribution in [0.15, 0.2) is 72.4 Å². The first-order valence-corrected chi connectivity index (χ1v) is 13.0. The van der Waals surface area contributed by atoms with Crippen molar-refractivity contribution in [2.24, 2.45) is 5.92 Å². The molecule has 5 rings (SSSR count). The van der Waals surface area contributed by atoms with Gasteiger partial charge in [0.25, 0.3) is 0 Å². The summed E-state index contributed by atoms with van der Waals surface area (Å²) in [5.41, 5.74) is 3.97. The molecule has 2 aromatic carbocycles. The van der Waals surface area contributed by atoms with Gasteiger partial charge in [-0.1, -0.05) is 24.4 Å². The molecular formula is C28H24ClN3O3S. The number of hydrogen-bond acceptors (Lipinski definition) is 5. The molecule has 182 valence electrons. The third-order valence-corrected chi connectivity index (χ3v) is 7.44. The molecule has 1 N–H and O–H groups in total. The summed E-state index contributed by atoms with van der Waals surface area (Å²) in [5, 5.41) is 19.5. The van der Waals surface area contributed by atoms with Gasteiger partial charge < -0.3 is 10.5 Å². The first-order chi connectivity index (χ1) is 17.4. The number of halogens is 1. The predicted molar refractivity (Wildman–Crippen MR) is 142 cm³/mol. The Balaban J connectivity index is 1.45. The summed E-state index contributed by atoms with van der Waals surface area (Å²) in [7, 11) is 0. The number of carbonyl (C=O) groups excluding carboxylic acids is 2. The fraction of sp³-hybridized carbons (Fsp3) is 0.214. The van der Waals surface area contributed by atoms with E-state index in [1.54, 1.807) is 42.6 Å². The van der Waals surface area contributed by atoms with Crippen molar-refractivity contribution in [1.29, 1.82) is 0 Å². The fourth-order valence-electron chi connectivity index (χ4n) is 4.29. The van der Waals surface area contributed by atoms with E-state index in [0.29, 0.717) is 39.9 Å². The number of benzene rings is 2. The number of ketones is 1. The summed E-state index contributed by atoms with van der Waals surface area (Å²) >= 11 is 7.80. The second kappa shape index (κ2) is 10.2. The summed E-state index contributed by atoms with van der Waals surface area (Å²) in [5.74, 6) is -0.426. The first-order valence-electron chi connectivity index (χ1n) is 11.7. The maximum Gasteiger partial charge on any atom is 0.238 e. The highest BCUT2D eigenvalue weighted by Crippen LogP contribution is 2.39. The molecule has 1 atom stereocenters. The Hall–Kier alpha value is -3.55. The fourth-order valence-corrected chi connectivity index (χ4v) is 5.14. The monoisotopic (exact) mass is 517 g/mol. The number of thiazole rings is 1. The molecular weight excluding hydrogens is 494 g/mol. The highest BCUT2D eigenvalue weighted by molar-refractivity contribution is 7.13. The molecule has 0 spiro atoms. The van der Waals surface area contributed by atoms with E-state index in [9.17, 15) is 14.8 Å². The second-order valence-electron chi connectivity index (χ2n) is 9.05. The molecule has 1 aliphatic rings. The summed E-state index contributed by atoms with van der Waals surface area (Å²) in [6.07, 6.45) is 5.98. The quantitative estimate of drug-likeness (QED) is 0.164. The molecule has 8 heteroatoms. The average Bonchev–Trinajstić information content (AvgIpc) is 3.52. The van der Waals surface area contributed by atoms with Gasteiger partial charge in [-0.25, -0.2) is 4.98 Å². The minimum absolute atomic E-state index is 0.0373. The minimum Gasteiger partial charge on any atom is -0.618 e. The highest BCUT2D eigenvalue weighted by atomic mass is 35.5. The van der Waals surface area contributed by atoms with E-state index in [1.165, 1.54) is 24.5 Å². The number of nitrogens with one attached hydrogen (secondary N) is 1. The van der Waals surface area contributed by atoms with Crippen LogP contribution in [0.25, 0.3) is 21.7 Å². The van der Waals surface area contributed by atoms with Gasteiger partial charge in [0.2, 0.25) is 11.6 Å². The Morgan fingerprint density at radius 1 is 1.14 bits per heavy atom. The average molecular weight is 518 g/mol. The standard InChI is InChI=1S/C28H24ClN3O3S/c1-17(33)19-4-8-22(9-5-19)31-27(34)25(14-18-2-3-18)26-11-6-20(16-32(26)35)24-15-21(29)7-10-23(24)28-30-12-13-36-28/h4-13,15-16,18,25H,2-3,14H2,1H3,(H,31,34). The van der Waals surface area contributed by atoms with Crippen molar-refractivity contribution < 1.29 is 14.3 Å². The van der Waals surface area contributed by atoms with Crippen LogP contribution >= 0.6 is 22.9 Å². The normalized spacial score (nSPS) is 13.8. The number of nitrogens with zero attached hydrogens (tertiary/aromatic N) is 2. The first kappa shape index (κ1) is 24.2. The zero-order chi connectivity index (χ0) is 25.2. The van der Waals surface area contributed by atoms with Gasteiger partial charge >= 0.3 is 0 Å². The SMILES string of the molecule is CC(=O)c1ccc(NC(=O)C(CC2CC2)c2ccc(-c3cc(Cl)ccc3-c3nccs3)c[n+]2[O-])cc1. The molecule has 1 aliphatic carbocycles. The molecule has 4 aromatic rings. The van der Waals surface area contributed by atoms with E-state index in [-0.39, 0.29) is 11.7 Å². The Labute approximate surface area is 218 Å². The lowest BCUT2D eigenvalue weighted by Crippen LogP contribution is -2.37. The lowest BCUT2D eigenvalue weighted by Gasteiger charge is -2.17. The van der Waals surface area contributed by atoms with E-state index >= 15 is 0 Å². The van der Waals surface area contributed by atoms with Gasteiger partial charge in [0.1, 0.15) is 10.9 Å². The van der Waals surface area contributed by atoms with E-state index in [4.69, 9.17) is 11.6 Å². The molecule has 2 heterocycles. The van der Waals surface area contributed by atoms with Crippen LogP contribution in [-0.2, 0) is 4.79 Å². The molecule has 0 aliphatic heterocycles. The number of carbonyl (C=O) groups is 2. The van der Waals surface area contributed by atoms with Crippen LogP contribution in [0.2, 0.25) is 5.02 Å². The van der Waals surface area contributed by atoms with Crippen LogP contribution in [-0.4, -0.2) is 16.7 Å². The van der Waals surface area contributed by atoms with Crippen LogP contribution < -0.4 is 10.0 Å². The zero-order valence-electron chi connectivity index (χ0n) is 19.6. The Morgan fingerprint density at radius 2 is 1.92 bits per heavy atom. The highest BCUT2D eigenvalue weighted by Gasteiger charge is 2.35. The van der Waals surface area contributed by atoms with Gasteiger partial charge in [0, 0.05) is 45.0 Å². The lowest BCUT2D eigenvalue weighted by molar-refractivity contribution is -0.614. The van der Waals surface area contributed by atoms with Crippen molar-refractivity contribution in [2.45, 2.75) is 32.1 Å². The molecule has 1 saturated carbocycles. The molecule has 1 fully saturated rings. The second-order valence-corrected chi connectivity index (χ2v) is 10.4. The molecule has 0 radical (unpaired) electrons. The van der Waals surface area contributed by atoms with Gasteiger partial charge in [-0.2, -0.15) is 4.73 Å². The van der Waals surface area contributed by atoms with Crippen LogP contribution in [0.1, 0.15) is 48.2 Å². The van der Waals surface area contributed by atoms with Gasteiger partial charge in [-0.3, -0.25) is 9.59 Å². The van der Waals surface area contributed by atoms with E-state index in [0.717, 1.165) is 33.7 Å². The Morgan fingerprint density at radius 3 is 2.56 bits per heavy atom. The Kier molecular flexibility index (Phi) is 6.85. The van der Waals surface area contributed by atoms with Gasteiger partial charge in [-0.15, -0.1) is 11.3 Å². The largest absolute Gasteiger partial charge is 0.618 e. The zero-order valence-corrected chi connectivity index (χ0v) is 21.2. The third-order valence-electron chi connectivity index (χ3n) is 6.40. The molecule has 0 saturated heterocycles. The number of aromatic nitrogens is 2. The van der Waals surface area contributed by atoms with E-state index in [2.05, 4.69) is 10.3 Å². The van der Waals surface area contributed by atoms with E-state index in [1.807, 2.05) is 23.6 Å². The number of rotatable bonds is 8. The van der Waals surface area contributed by atoms with Crippen molar-refractivity contribution in [2.75, 3.05) is 5.32 Å². The number of anilines is 1. The van der Waals surface area contributed by atoms with Crippen molar-refractivity contribution in [3.8, 4) is 21.7 Å². The summed E-state index contributed by atoms with van der Waals surface area (Å²) in [4.78, 5) is 29.2. The summed E-state index contributed by atoms with van der Waals surface area (Å²) in [6, 6.07) is 15.9. The lowest BCUT2D eigenvalue weighted by atomic mass is 9.94. The smallest absolute Gasteiger partial charge is 0.238 e. The van der Waals surface area contributed by atoms with Gasteiger partial charge in [0.05, 0.1) is 0 Å². The maximum atomic E-state index is 13.3. The summed E-state index contributed by atoms with van der Waals surface area (Å²) in [6.45, 7) is 1.50. The van der Waals surface area contributed by atoms with Crippen LogP contribution in [0.4, 0.5) is 5.69 Å². The van der Waals surface area contributed by atoms with Crippen molar-refractivity contribution in [3.05, 3.63) is 93.9 Å². The number of amides is 1. The molecule has 36 heavy (non-hydrogen) atoms. The molecule has 6 nitrogen and oxygen atoms in total. The van der Waals surface area contributed by atoms with Crippen molar-refractivity contribution >= 4 is 40.3 Å².